The number of hydrogen-bond donors (Lipinski definition) is 1. The van der Waals surface area contributed by atoms with Gasteiger partial charge in [0.2, 0.25) is 11.8 Å². The first-order valence-electron chi connectivity index (χ1n) is 11.9. The van der Waals surface area contributed by atoms with E-state index < -0.39 is 6.04 Å². The van der Waals surface area contributed by atoms with Gasteiger partial charge in [-0.25, -0.2) is 0 Å². The molecule has 0 spiro atoms. The van der Waals surface area contributed by atoms with Crippen LogP contribution in [0.25, 0.3) is 0 Å². The Hall–Kier alpha value is -2.82. The van der Waals surface area contributed by atoms with Crippen LogP contribution in [0, 0.1) is 0 Å². The molecular weight excluding hydrogens is 412 g/mol. The van der Waals surface area contributed by atoms with Crippen LogP contribution in [0.4, 0.5) is 0 Å². The number of aryl methyl sites for hydroxylation is 1. The Labute approximate surface area is 199 Å². The summed E-state index contributed by atoms with van der Waals surface area (Å²) in [7, 11) is 1.63. The van der Waals surface area contributed by atoms with Gasteiger partial charge in [-0.2, -0.15) is 0 Å². The molecule has 0 aromatic heterocycles. The Bertz CT molecular complexity index is 896. The lowest BCUT2D eigenvalue weighted by molar-refractivity contribution is -0.142. The van der Waals surface area contributed by atoms with Crippen LogP contribution in [0.15, 0.2) is 48.5 Å². The summed E-state index contributed by atoms with van der Waals surface area (Å²) < 4.78 is 5.25. The molecule has 33 heavy (non-hydrogen) atoms. The molecule has 0 radical (unpaired) electrons. The summed E-state index contributed by atoms with van der Waals surface area (Å²) in [5.41, 5.74) is 3.02. The molecule has 1 atom stereocenters. The maximum atomic E-state index is 13.4. The summed E-state index contributed by atoms with van der Waals surface area (Å²) in [5, 5.41) is 3.05. The fourth-order valence-electron chi connectivity index (χ4n) is 3.76. The number of rotatable bonds is 10. The summed E-state index contributed by atoms with van der Waals surface area (Å²) in [5.74, 6) is 1.11. The van der Waals surface area contributed by atoms with Crippen molar-refractivity contribution >= 4 is 11.8 Å². The zero-order valence-electron chi connectivity index (χ0n) is 21.3. The van der Waals surface area contributed by atoms with Gasteiger partial charge in [-0.3, -0.25) is 9.59 Å². The molecule has 2 aromatic carbocycles. The quantitative estimate of drug-likeness (QED) is 0.520. The van der Waals surface area contributed by atoms with E-state index in [2.05, 4.69) is 43.4 Å². The van der Waals surface area contributed by atoms with Crippen molar-refractivity contribution in [3.8, 4) is 5.75 Å². The topological polar surface area (TPSA) is 58.6 Å². The Morgan fingerprint density at radius 3 is 2.03 bits per heavy atom. The van der Waals surface area contributed by atoms with E-state index in [1.807, 2.05) is 52.0 Å². The molecule has 0 unspecified atom stereocenters. The van der Waals surface area contributed by atoms with E-state index in [0.717, 1.165) is 16.9 Å². The number of carbonyl (C=O) groups excluding carboxylic acids is 2. The summed E-state index contributed by atoms with van der Waals surface area (Å²) in [6.07, 6.45) is 1.55. The molecule has 2 aromatic rings. The van der Waals surface area contributed by atoms with E-state index in [-0.39, 0.29) is 17.4 Å². The van der Waals surface area contributed by atoms with E-state index in [1.54, 1.807) is 12.0 Å². The molecular formula is C28H40N2O3. The first-order chi connectivity index (χ1) is 15.5. The van der Waals surface area contributed by atoms with Crippen LogP contribution in [-0.2, 0) is 22.6 Å². The van der Waals surface area contributed by atoms with Gasteiger partial charge in [0.15, 0.2) is 0 Å². The van der Waals surface area contributed by atoms with Crippen molar-refractivity contribution in [2.75, 3.05) is 7.11 Å². The number of nitrogens with one attached hydrogen (secondary N) is 1. The third-order valence-electron chi connectivity index (χ3n) is 5.67. The lowest BCUT2D eigenvalue weighted by Gasteiger charge is -2.33. The third kappa shape index (κ3) is 8.23. The van der Waals surface area contributed by atoms with Gasteiger partial charge in [0.1, 0.15) is 11.8 Å². The number of hydrogen-bond acceptors (Lipinski definition) is 3. The molecule has 0 fully saturated rings. The van der Waals surface area contributed by atoms with Gasteiger partial charge < -0.3 is 15.0 Å². The average molecular weight is 453 g/mol. The predicted molar refractivity (Wildman–Crippen MR) is 134 cm³/mol. The monoisotopic (exact) mass is 452 g/mol. The van der Waals surface area contributed by atoms with Crippen LogP contribution in [0.5, 0.6) is 5.75 Å². The van der Waals surface area contributed by atoms with Crippen molar-refractivity contribution in [1.82, 2.24) is 10.2 Å². The molecule has 2 amide bonds. The highest BCUT2D eigenvalue weighted by atomic mass is 16.5. The number of nitrogens with zero attached hydrogens (tertiary/aromatic N) is 1. The summed E-state index contributed by atoms with van der Waals surface area (Å²) in [6.45, 7) is 12.5. The summed E-state index contributed by atoms with van der Waals surface area (Å²) in [4.78, 5) is 28.2. The normalized spacial score (nSPS) is 12.4. The first kappa shape index (κ1) is 26.4. The molecule has 0 aliphatic carbocycles. The summed E-state index contributed by atoms with van der Waals surface area (Å²) in [6, 6.07) is 15.6. The van der Waals surface area contributed by atoms with Gasteiger partial charge in [0.25, 0.3) is 0 Å². The standard InChI is InChI=1S/C28H40N2O3/c1-8-25(27(32)29-28(4,5)6)30(19-22-11-16-24(33-7)17-12-22)26(31)18-13-21-9-14-23(15-10-21)20(2)3/h9-12,14-17,20,25H,8,13,18-19H2,1-7H3,(H,29,32)/t25-/m1/s1. The van der Waals surface area contributed by atoms with E-state index in [1.165, 1.54) is 5.56 Å². The van der Waals surface area contributed by atoms with Crippen molar-refractivity contribution in [1.29, 1.82) is 0 Å². The number of carbonyl (C=O) groups is 2. The maximum Gasteiger partial charge on any atom is 0.243 e. The van der Waals surface area contributed by atoms with Gasteiger partial charge in [-0.15, -0.1) is 0 Å². The minimum Gasteiger partial charge on any atom is -0.497 e. The van der Waals surface area contributed by atoms with Crippen molar-refractivity contribution in [3.05, 3.63) is 65.2 Å². The van der Waals surface area contributed by atoms with Crippen LogP contribution in [-0.4, -0.2) is 35.4 Å². The molecule has 0 aliphatic heterocycles. The zero-order valence-corrected chi connectivity index (χ0v) is 21.3. The predicted octanol–water partition coefficient (Wildman–Crippen LogP) is 5.47. The fraction of sp³-hybridized carbons (Fsp3) is 0.500. The first-order valence-corrected chi connectivity index (χ1v) is 11.9. The smallest absolute Gasteiger partial charge is 0.243 e. The van der Waals surface area contributed by atoms with Crippen LogP contribution in [0.1, 0.15) is 77.0 Å². The SMILES string of the molecule is CC[C@H](C(=O)NC(C)(C)C)N(Cc1ccc(OC)cc1)C(=O)CCc1ccc(C(C)C)cc1. The third-order valence-corrected chi connectivity index (χ3v) is 5.67. The molecule has 1 N–H and O–H groups in total. The second-order valence-corrected chi connectivity index (χ2v) is 9.93. The molecule has 0 aliphatic rings. The molecule has 5 heteroatoms. The Morgan fingerprint density at radius 2 is 1.55 bits per heavy atom. The maximum absolute atomic E-state index is 13.4. The Balaban J connectivity index is 2.21. The minimum absolute atomic E-state index is 0.0188. The number of methoxy groups -OCH3 is 1. The molecule has 0 saturated heterocycles. The molecule has 5 nitrogen and oxygen atoms in total. The zero-order chi connectivity index (χ0) is 24.6. The molecule has 0 saturated carbocycles. The molecule has 0 heterocycles. The second kappa shape index (κ2) is 11.9. The van der Waals surface area contributed by atoms with E-state index >= 15 is 0 Å². The highest BCUT2D eigenvalue weighted by molar-refractivity contribution is 5.88. The van der Waals surface area contributed by atoms with Crippen molar-refractivity contribution in [2.24, 2.45) is 0 Å². The van der Waals surface area contributed by atoms with Crippen LogP contribution in [0.2, 0.25) is 0 Å². The molecule has 0 bridgehead atoms. The van der Waals surface area contributed by atoms with Gasteiger partial charge in [0.05, 0.1) is 7.11 Å². The lowest BCUT2D eigenvalue weighted by Crippen LogP contribution is -2.53. The second-order valence-electron chi connectivity index (χ2n) is 9.93. The molecule has 2 rings (SSSR count). The molecule has 180 valence electrons. The number of amides is 2. The van der Waals surface area contributed by atoms with Crippen LogP contribution < -0.4 is 10.1 Å². The van der Waals surface area contributed by atoms with Gasteiger partial charge in [0, 0.05) is 18.5 Å². The highest BCUT2D eigenvalue weighted by Crippen LogP contribution is 2.19. The van der Waals surface area contributed by atoms with Crippen molar-refractivity contribution in [2.45, 2.75) is 84.8 Å². The van der Waals surface area contributed by atoms with Gasteiger partial charge in [-0.05, 0) is 68.4 Å². The Morgan fingerprint density at radius 1 is 0.970 bits per heavy atom. The van der Waals surface area contributed by atoms with Crippen LogP contribution >= 0.6 is 0 Å². The fourth-order valence-corrected chi connectivity index (χ4v) is 3.76. The number of ether oxygens (including phenoxy) is 1. The van der Waals surface area contributed by atoms with Crippen LogP contribution in [0.3, 0.4) is 0 Å². The lowest BCUT2D eigenvalue weighted by atomic mass is 10.00. The largest absolute Gasteiger partial charge is 0.497 e. The van der Waals surface area contributed by atoms with E-state index in [9.17, 15) is 9.59 Å². The van der Waals surface area contributed by atoms with Gasteiger partial charge >= 0.3 is 0 Å². The van der Waals surface area contributed by atoms with E-state index in [4.69, 9.17) is 4.74 Å². The minimum atomic E-state index is -0.526. The highest BCUT2D eigenvalue weighted by Gasteiger charge is 2.30. The van der Waals surface area contributed by atoms with Crippen molar-refractivity contribution in [3.63, 3.8) is 0 Å². The summed E-state index contributed by atoms with van der Waals surface area (Å²) >= 11 is 0. The number of benzene rings is 2. The van der Waals surface area contributed by atoms with Crippen molar-refractivity contribution < 1.29 is 14.3 Å². The van der Waals surface area contributed by atoms with Gasteiger partial charge in [-0.1, -0.05) is 57.2 Å². The average Bonchev–Trinajstić information content (AvgIpc) is 2.76. The Kier molecular flexibility index (Phi) is 9.51. The van der Waals surface area contributed by atoms with E-state index in [0.29, 0.717) is 31.7 Å².